The molecule has 0 bridgehead atoms. The zero-order valence-electron chi connectivity index (χ0n) is 16.6. The Hall–Kier alpha value is -1.02. The molecule has 1 aromatic carbocycles. The Morgan fingerprint density at radius 1 is 1.04 bits per heavy atom. The van der Waals surface area contributed by atoms with Gasteiger partial charge in [-0.3, -0.25) is 4.79 Å². The summed E-state index contributed by atoms with van der Waals surface area (Å²) < 4.78 is 0. The number of aromatic hydroxyl groups is 1. The monoisotopic (exact) mass is 366 g/mol. The van der Waals surface area contributed by atoms with Crippen molar-refractivity contribution in [3.63, 3.8) is 0 Å². The fraction of sp³-hybridized carbons (Fsp3) is 0.682. The highest BCUT2D eigenvalue weighted by Gasteiger charge is 2.27. The van der Waals surface area contributed by atoms with Gasteiger partial charge in [-0.05, 0) is 48.4 Å². The van der Waals surface area contributed by atoms with Crippen LogP contribution in [0.4, 0.5) is 0 Å². The molecule has 0 aliphatic heterocycles. The average molecular weight is 367 g/mol. The lowest BCUT2D eigenvalue weighted by atomic mass is 9.83. The summed E-state index contributed by atoms with van der Waals surface area (Å²) in [4.78, 5) is 11.5. The van der Waals surface area contributed by atoms with Crippen LogP contribution in [-0.4, -0.2) is 10.9 Å². The number of alkyl halides is 1. The minimum absolute atomic E-state index is 0.151. The maximum Gasteiger partial charge on any atom is 0.132 e. The van der Waals surface area contributed by atoms with Crippen molar-refractivity contribution in [1.29, 1.82) is 0 Å². The molecule has 1 unspecified atom stereocenters. The molecule has 1 atom stereocenters. The van der Waals surface area contributed by atoms with E-state index in [1.807, 2.05) is 19.1 Å². The smallest absolute Gasteiger partial charge is 0.132 e. The first-order chi connectivity index (χ1) is 11.6. The molecule has 0 radical (unpaired) electrons. The zero-order valence-corrected chi connectivity index (χ0v) is 17.4. The topological polar surface area (TPSA) is 37.3 Å². The second-order valence-electron chi connectivity index (χ2n) is 8.38. The number of unbranched alkanes of at least 4 members (excludes halogenated alkanes) is 4. The minimum atomic E-state index is -0.592. The minimum Gasteiger partial charge on any atom is -0.508 e. The second kappa shape index (κ2) is 9.62. The van der Waals surface area contributed by atoms with Crippen LogP contribution in [0, 0.1) is 0 Å². The number of hydrogen-bond donors (Lipinski definition) is 1. The van der Waals surface area contributed by atoms with Gasteiger partial charge in [-0.2, -0.15) is 0 Å². The van der Waals surface area contributed by atoms with Gasteiger partial charge in [-0.25, -0.2) is 0 Å². The lowest BCUT2D eigenvalue weighted by molar-refractivity contribution is -0.119. The van der Waals surface area contributed by atoms with Crippen LogP contribution in [0.25, 0.3) is 0 Å². The van der Waals surface area contributed by atoms with Gasteiger partial charge in [0, 0.05) is 12.8 Å². The van der Waals surface area contributed by atoms with Gasteiger partial charge in [-0.1, -0.05) is 59.4 Å². The largest absolute Gasteiger partial charge is 0.508 e. The number of hydrogen-bond acceptors (Lipinski definition) is 2. The molecule has 0 heterocycles. The van der Waals surface area contributed by atoms with Crippen molar-refractivity contribution in [2.24, 2.45) is 0 Å². The van der Waals surface area contributed by atoms with Crippen molar-refractivity contribution in [3.05, 3.63) is 29.3 Å². The standard InChI is InChI=1S/C22H35ClO2/c1-6-7-8-9-10-11-18(24)14-15-22(5,23)17-12-13-20(25)19(16-17)21(2,3)4/h12-13,16,25H,6-11,14-15H2,1-5H3. The van der Waals surface area contributed by atoms with E-state index in [2.05, 4.69) is 27.7 Å². The molecule has 1 N–H and O–H groups in total. The van der Waals surface area contributed by atoms with E-state index < -0.39 is 4.87 Å². The molecule has 0 aliphatic rings. The summed E-state index contributed by atoms with van der Waals surface area (Å²) in [5, 5.41) is 10.1. The van der Waals surface area contributed by atoms with E-state index >= 15 is 0 Å². The lowest BCUT2D eigenvalue weighted by Gasteiger charge is -2.27. The molecule has 0 amide bonds. The molecule has 0 aromatic heterocycles. The Bertz CT molecular complexity index is 556. The van der Waals surface area contributed by atoms with Gasteiger partial charge in [0.25, 0.3) is 0 Å². The third kappa shape index (κ3) is 7.40. The molecule has 0 saturated carbocycles. The first kappa shape index (κ1) is 22.0. The number of benzene rings is 1. The predicted octanol–water partition coefficient (Wildman–Crippen LogP) is 6.85. The van der Waals surface area contributed by atoms with Crippen molar-refractivity contribution in [2.75, 3.05) is 0 Å². The molecule has 142 valence electrons. The van der Waals surface area contributed by atoms with Gasteiger partial charge in [0.1, 0.15) is 11.5 Å². The summed E-state index contributed by atoms with van der Waals surface area (Å²) in [5.41, 5.74) is 1.70. The van der Waals surface area contributed by atoms with E-state index in [9.17, 15) is 9.90 Å². The Morgan fingerprint density at radius 2 is 1.68 bits per heavy atom. The quantitative estimate of drug-likeness (QED) is 0.363. The molecule has 25 heavy (non-hydrogen) atoms. The van der Waals surface area contributed by atoms with Crippen molar-refractivity contribution in [1.82, 2.24) is 0 Å². The van der Waals surface area contributed by atoms with Gasteiger partial charge < -0.3 is 5.11 Å². The van der Waals surface area contributed by atoms with Crippen LogP contribution in [0.5, 0.6) is 5.75 Å². The third-order valence-corrected chi connectivity index (χ3v) is 5.25. The summed E-state index contributed by atoms with van der Waals surface area (Å²) in [6.45, 7) is 10.4. The molecule has 1 aromatic rings. The molecule has 1 rings (SSSR count). The maximum absolute atomic E-state index is 12.1. The van der Waals surface area contributed by atoms with Gasteiger partial charge in [0.2, 0.25) is 0 Å². The van der Waals surface area contributed by atoms with E-state index in [4.69, 9.17) is 11.6 Å². The number of halogens is 1. The molecule has 0 saturated heterocycles. The summed E-state index contributed by atoms with van der Waals surface area (Å²) in [6, 6.07) is 5.57. The van der Waals surface area contributed by atoms with Gasteiger partial charge >= 0.3 is 0 Å². The number of phenols is 1. The zero-order chi connectivity index (χ0) is 19.1. The summed E-state index contributed by atoms with van der Waals surface area (Å²) >= 11 is 6.75. The fourth-order valence-electron chi connectivity index (χ4n) is 3.03. The molecular weight excluding hydrogens is 332 g/mol. The van der Waals surface area contributed by atoms with Crippen molar-refractivity contribution in [3.8, 4) is 5.75 Å². The lowest BCUT2D eigenvalue weighted by Crippen LogP contribution is -2.18. The number of ketones is 1. The Labute approximate surface area is 159 Å². The highest BCUT2D eigenvalue weighted by atomic mass is 35.5. The van der Waals surface area contributed by atoms with Crippen LogP contribution in [0.2, 0.25) is 0 Å². The van der Waals surface area contributed by atoms with Crippen LogP contribution in [-0.2, 0) is 15.1 Å². The fourth-order valence-corrected chi connectivity index (χ4v) is 3.24. The van der Waals surface area contributed by atoms with Crippen LogP contribution in [0.15, 0.2) is 18.2 Å². The second-order valence-corrected chi connectivity index (χ2v) is 9.22. The number of carbonyl (C=O) groups is 1. The molecule has 2 nitrogen and oxygen atoms in total. The number of phenolic OH excluding ortho intramolecular Hbond substituents is 1. The van der Waals surface area contributed by atoms with E-state index in [-0.39, 0.29) is 5.41 Å². The summed E-state index contributed by atoms with van der Waals surface area (Å²) in [7, 11) is 0. The highest BCUT2D eigenvalue weighted by molar-refractivity contribution is 6.23. The van der Waals surface area contributed by atoms with Gasteiger partial charge in [-0.15, -0.1) is 11.6 Å². The Kier molecular flexibility index (Phi) is 8.47. The Balaban J connectivity index is 2.62. The molecule has 0 fully saturated rings. The van der Waals surface area contributed by atoms with E-state index in [0.717, 1.165) is 24.0 Å². The van der Waals surface area contributed by atoms with E-state index in [1.54, 1.807) is 6.07 Å². The maximum atomic E-state index is 12.1. The summed E-state index contributed by atoms with van der Waals surface area (Å²) in [6.07, 6.45) is 7.64. The third-order valence-electron chi connectivity index (χ3n) is 4.84. The average Bonchev–Trinajstić information content (AvgIpc) is 2.52. The highest BCUT2D eigenvalue weighted by Crippen LogP contribution is 2.39. The first-order valence-corrected chi connectivity index (χ1v) is 10.0. The van der Waals surface area contributed by atoms with Crippen LogP contribution in [0.3, 0.4) is 0 Å². The molecule has 0 spiro atoms. The normalized spacial score (nSPS) is 14.3. The summed E-state index contributed by atoms with van der Waals surface area (Å²) in [5.74, 6) is 0.602. The van der Waals surface area contributed by atoms with Crippen molar-refractivity contribution < 1.29 is 9.90 Å². The number of Topliss-reactive ketones (excluding diaryl/α,β-unsaturated/α-hetero) is 1. The molecular formula is C22H35ClO2. The van der Waals surface area contributed by atoms with Crippen molar-refractivity contribution >= 4 is 17.4 Å². The van der Waals surface area contributed by atoms with Crippen molar-refractivity contribution in [2.45, 2.75) is 96.3 Å². The van der Waals surface area contributed by atoms with Crippen LogP contribution >= 0.6 is 11.6 Å². The van der Waals surface area contributed by atoms with Gasteiger partial charge in [0.05, 0.1) is 4.87 Å². The van der Waals surface area contributed by atoms with E-state index in [1.165, 1.54) is 19.3 Å². The van der Waals surface area contributed by atoms with E-state index in [0.29, 0.717) is 30.8 Å². The van der Waals surface area contributed by atoms with Crippen LogP contribution < -0.4 is 0 Å². The number of rotatable bonds is 10. The Morgan fingerprint density at radius 3 is 2.28 bits per heavy atom. The first-order valence-electron chi connectivity index (χ1n) is 9.62. The molecule has 0 aliphatic carbocycles. The van der Waals surface area contributed by atoms with Gasteiger partial charge in [0.15, 0.2) is 0 Å². The van der Waals surface area contributed by atoms with Crippen LogP contribution in [0.1, 0.15) is 97.1 Å². The molecule has 3 heteroatoms. The predicted molar refractivity (Wildman–Crippen MR) is 108 cm³/mol. The number of carbonyl (C=O) groups excluding carboxylic acids is 1. The SMILES string of the molecule is CCCCCCCC(=O)CCC(C)(Cl)c1ccc(O)c(C(C)(C)C)c1.